The highest BCUT2D eigenvalue weighted by atomic mass is 16.5. The highest BCUT2D eigenvalue weighted by Gasteiger charge is 2.13. The van der Waals surface area contributed by atoms with Crippen molar-refractivity contribution in [3.05, 3.63) is 41.5 Å². The van der Waals surface area contributed by atoms with Gasteiger partial charge in [-0.15, -0.1) is 0 Å². The number of ether oxygens (including phenoxy) is 5. The standard InChI is InChI=1S/C19H22O5/c1-20-14-8-6-13(18(12-14)23-4)7-9-15-16(21-2)10-11-17(22-3)19(15)24-5/h6-12H,1-5H3/b9-7+. The molecule has 0 saturated heterocycles. The fraction of sp³-hybridized carbons (Fsp3) is 0.263. The molecule has 0 N–H and O–H groups in total. The summed E-state index contributed by atoms with van der Waals surface area (Å²) in [6, 6.07) is 9.28. The molecule has 0 aliphatic carbocycles. The van der Waals surface area contributed by atoms with Crippen molar-refractivity contribution in [3.63, 3.8) is 0 Å². The van der Waals surface area contributed by atoms with Gasteiger partial charge in [0.1, 0.15) is 17.2 Å². The molecular weight excluding hydrogens is 308 g/mol. The van der Waals surface area contributed by atoms with Crippen LogP contribution in [0.15, 0.2) is 30.3 Å². The first-order chi connectivity index (χ1) is 11.7. The Kier molecular flexibility index (Phi) is 5.95. The summed E-state index contributed by atoms with van der Waals surface area (Å²) in [5.74, 6) is 3.39. The molecule has 0 aliphatic rings. The average Bonchev–Trinajstić information content (AvgIpc) is 2.64. The lowest BCUT2D eigenvalue weighted by atomic mass is 10.1. The predicted molar refractivity (Wildman–Crippen MR) is 94.6 cm³/mol. The molecule has 0 atom stereocenters. The van der Waals surface area contributed by atoms with Crippen LogP contribution < -0.4 is 23.7 Å². The maximum absolute atomic E-state index is 5.48. The van der Waals surface area contributed by atoms with Crippen LogP contribution in [0.3, 0.4) is 0 Å². The quantitative estimate of drug-likeness (QED) is 0.721. The van der Waals surface area contributed by atoms with Gasteiger partial charge in [-0.1, -0.05) is 6.08 Å². The van der Waals surface area contributed by atoms with E-state index in [1.165, 1.54) is 0 Å². The van der Waals surface area contributed by atoms with E-state index in [-0.39, 0.29) is 0 Å². The lowest BCUT2D eigenvalue weighted by molar-refractivity contribution is 0.348. The fourth-order valence-corrected chi connectivity index (χ4v) is 2.40. The molecular formula is C19H22O5. The summed E-state index contributed by atoms with van der Waals surface area (Å²) in [7, 11) is 8.06. The van der Waals surface area contributed by atoms with Crippen LogP contribution in [0.2, 0.25) is 0 Å². The molecule has 2 aromatic rings. The van der Waals surface area contributed by atoms with Crippen LogP contribution in [0.25, 0.3) is 12.2 Å². The Bertz CT molecular complexity index is 722. The van der Waals surface area contributed by atoms with Crippen molar-refractivity contribution < 1.29 is 23.7 Å². The van der Waals surface area contributed by atoms with Crippen molar-refractivity contribution in [1.82, 2.24) is 0 Å². The number of hydrogen-bond acceptors (Lipinski definition) is 5. The molecule has 0 radical (unpaired) electrons. The van der Waals surface area contributed by atoms with E-state index in [9.17, 15) is 0 Å². The van der Waals surface area contributed by atoms with Gasteiger partial charge in [-0.2, -0.15) is 0 Å². The van der Waals surface area contributed by atoms with Crippen LogP contribution in [-0.4, -0.2) is 35.5 Å². The molecule has 0 spiro atoms. The maximum Gasteiger partial charge on any atom is 0.171 e. The summed E-state index contributed by atoms with van der Waals surface area (Å²) in [6.07, 6.45) is 3.84. The van der Waals surface area contributed by atoms with E-state index in [0.717, 1.165) is 16.9 Å². The monoisotopic (exact) mass is 330 g/mol. The number of methoxy groups -OCH3 is 5. The topological polar surface area (TPSA) is 46.2 Å². The second-order valence-corrected chi connectivity index (χ2v) is 4.86. The third kappa shape index (κ3) is 3.56. The second-order valence-electron chi connectivity index (χ2n) is 4.86. The van der Waals surface area contributed by atoms with Gasteiger partial charge in [-0.3, -0.25) is 0 Å². The molecule has 2 rings (SSSR count). The van der Waals surface area contributed by atoms with Crippen molar-refractivity contribution in [3.8, 4) is 28.7 Å². The smallest absolute Gasteiger partial charge is 0.171 e. The van der Waals surface area contributed by atoms with Crippen molar-refractivity contribution in [2.45, 2.75) is 0 Å². The summed E-state index contributed by atoms with van der Waals surface area (Å²) in [5, 5.41) is 0. The molecule has 0 fully saturated rings. The van der Waals surface area contributed by atoms with Crippen LogP contribution in [0.1, 0.15) is 11.1 Å². The molecule has 128 valence electrons. The van der Waals surface area contributed by atoms with Crippen LogP contribution in [-0.2, 0) is 0 Å². The van der Waals surface area contributed by atoms with Crippen LogP contribution in [0, 0.1) is 0 Å². The Labute approximate surface area is 142 Å². The minimum absolute atomic E-state index is 0.612. The van der Waals surface area contributed by atoms with Crippen molar-refractivity contribution >= 4 is 12.2 Å². The molecule has 0 bridgehead atoms. The fourth-order valence-electron chi connectivity index (χ4n) is 2.40. The Balaban J connectivity index is 2.48. The summed E-state index contributed by atoms with van der Waals surface area (Å²) in [6.45, 7) is 0. The summed E-state index contributed by atoms with van der Waals surface area (Å²) in [5.41, 5.74) is 1.70. The van der Waals surface area contributed by atoms with E-state index in [0.29, 0.717) is 23.0 Å². The SMILES string of the molecule is COc1ccc(/C=C/c2c(OC)ccc(OC)c2OC)c(OC)c1. The lowest BCUT2D eigenvalue weighted by Crippen LogP contribution is -1.96. The summed E-state index contributed by atoms with van der Waals surface area (Å²) in [4.78, 5) is 0. The Morgan fingerprint density at radius 3 is 1.88 bits per heavy atom. The van der Waals surface area contributed by atoms with Gasteiger partial charge >= 0.3 is 0 Å². The largest absolute Gasteiger partial charge is 0.497 e. The van der Waals surface area contributed by atoms with E-state index >= 15 is 0 Å². The molecule has 0 saturated carbocycles. The van der Waals surface area contributed by atoms with Gasteiger partial charge in [-0.25, -0.2) is 0 Å². The van der Waals surface area contributed by atoms with E-state index in [1.807, 2.05) is 42.5 Å². The van der Waals surface area contributed by atoms with E-state index in [2.05, 4.69) is 0 Å². The van der Waals surface area contributed by atoms with Gasteiger partial charge in [0.25, 0.3) is 0 Å². The summed E-state index contributed by atoms with van der Waals surface area (Å²) >= 11 is 0. The van der Waals surface area contributed by atoms with Crippen LogP contribution in [0.4, 0.5) is 0 Å². The molecule has 5 nitrogen and oxygen atoms in total. The average molecular weight is 330 g/mol. The van der Waals surface area contributed by atoms with Crippen molar-refractivity contribution in [2.75, 3.05) is 35.5 Å². The highest BCUT2D eigenvalue weighted by Crippen LogP contribution is 2.39. The van der Waals surface area contributed by atoms with Gasteiger partial charge in [0, 0.05) is 11.6 Å². The van der Waals surface area contributed by atoms with Gasteiger partial charge in [0.05, 0.1) is 41.1 Å². The highest BCUT2D eigenvalue weighted by molar-refractivity contribution is 5.79. The number of rotatable bonds is 7. The van der Waals surface area contributed by atoms with E-state index in [1.54, 1.807) is 35.5 Å². The van der Waals surface area contributed by atoms with Gasteiger partial charge in [0.15, 0.2) is 11.5 Å². The zero-order valence-corrected chi connectivity index (χ0v) is 14.6. The Hall–Kier alpha value is -2.82. The predicted octanol–water partition coefficient (Wildman–Crippen LogP) is 3.90. The molecule has 0 heterocycles. The second kappa shape index (κ2) is 8.15. The van der Waals surface area contributed by atoms with Gasteiger partial charge in [-0.05, 0) is 30.3 Å². The number of hydrogen-bond donors (Lipinski definition) is 0. The Morgan fingerprint density at radius 2 is 1.29 bits per heavy atom. The number of benzene rings is 2. The van der Waals surface area contributed by atoms with Crippen LogP contribution in [0.5, 0.6) is 28.7 Å². The normalized spacial score (nSPS) is 10.5. The first kappa shape index (κ1) is 17.5. The van der Waals surface area contributed by atoms with Crippen molar-refractivity contribution in [1.29, 1.82) is 0 Å². The van der Waals surface area contributed by atoms with Gasteiger partial charge in [0.2, 0.25) is 0 Å². The van der Waals surface area contributed by atoms with Crippen LogP contribution >= 0.6 is 0 Å². The first-order valence-corrected chi connectivity index (χ1v) is 7.37. The third-order valence-electron chi connectivity index (χ3n) is 3.63. The van der Waals surface area contributed by atoms with E-state index in [4.69, 9.17) is 23.7 Å². The Morgan fingerprint density at radius 1 is 0.625 bits per heavy atom. The zero-order chi connectivity index (χ0) is 17.5. The van der Waals surface area contributed by atoms with E-state index < -0.39 is 0 Å². The molecule has 5 heteroatoms. The molecule has 24 heavy (non-hydrogen) atoms. The molecule has 2 aromatic carbocycles. The first-order valence-electron chi connectivity index (χ1n) is 7.37. The van der Waals surface area contributed by atoms with Crippen molar-refractivity contribution in [2.24, 2.45) is 0 Å². The van der Waals surface area contributed by atoms with Gasteiger partial charge < -0.3 is 23.7 Å². The molecule has 0 aromatic heterocycles. The lowest BCUT2D eigenvalue weighted by Gasteiger charge is -2.14. The maximum atomic E-state index is 5.48. The minimum atomic E-state index is 0.612. The zero-order valence-electron chi connectivity index (χ0n) is 14.6. The molecule has 0 unspecified atom stereocenters. The minimum Gasteiger partial charge on any atom is -0.497 e. The third-order valence-corrected chi connectivity index (χ3v) is 3.63. The summed E-state index contributed by atoms with van der Waals surface area (Å²) < 4.78 is 26.9. The molecule has 0 aliphatic heterocycles. The molecule has 0 amide bonds.